The molecule has 0 radical (unpaired) electrons. The Bertz CT molecular complexity index is 499. The number of piperidine rings is 1. The van der Waals surface area contributed by atoms with Gasteiger partial charge >= 0.3 is 0 Å². The number of likely N-dealkylation sites (tertiary alicyclic amines) is 1. The highest BCUT2D eigenvalue weighted by Gasteiger charge is 2.50. The van der Waals surface area contributed by atoms with E-state index >= 15 is 0 Å². The van der Waals surface area contributed by atoms with Crippen molar-refractivity contribution in [3.05, 3.63) is 0 Å². The number of aliphatic hydroxyl groups is 1. The van der Waals surface area contributed by atoms with Gasteiger partial charge in [0.25, 0.3) is 0 Å². The average molecular weight is 348 g/mol. The summed E-state index contributed by atoms with van der Waals surface area (Å²) >= 11 is 0. The Morgan fingerprint density at radius 3 is 2.08 bits per heavy atom. The predicted molar refractivity (Wildman–Crippen MR) is 94.7 cm³/mol. The summed E-state index contributed by atoms with van der Waals surface area (Å²) in [5.74, 6) is 3.44. The van der Waals surface area contributed by atoms with Crippen LogP contribution in [0.5, 0.6) is 0 Å². The molecule has 0 aromatic carbocycles. The lowest BCUT2D eigenvalue weighted by molar-refractivity contribution is -0.144. The topological polar surface area (TPSA) is 60.9 Å². The Hall–Kier alpha value is -1.10. The van der Waals surface area contributed by atoms with Crippen LogP contribution in [0.25, 0.3) is 0 Å². The molecule has 5 nitrogen and oxygen atoms in total. The van der Waals surface area contributed by atoms with E-state index in [9.17, 15) is 14.7 Å². The van der Waals surface area contributed by atoms with Crippen LogP contribution in [0.2, 0.25) is 0 Å². The van der Waals surface area contributed by atoms with Crippen molar-refractivity contribution in [2.45, 2.75) is 69.9 Å². The molecule has 4 bridgehead atoms. The summed E-state index contributed by atoms with van der Waals surface area (Å²) in [6, 6.07) is 0.417. The van der Waals surface area contributed by atoms with Gasteiger partial charge in [-0.15, -0.1) is 0 Å². The lowest BCUT2D eigenvalue weighted by Gasteiger charge is -2.56. The Balaban J connectivity index is 1.28. The third kappa shape index (κ3) is 3.44. The van der Waals surface area contributed by atoms with E-state index in [1.165, 1.54) is 32.1 Å². The van der Waals surface area contributed by atoms with E-state index in [0.717, 1.165) is 11.8 Å². The fourth-order valence-corrected chi connectivity index (χ4v) is 6.36. The summed E-state index contributed by atoms with van der Waals surface area (Å²) in [6.45, 7) is 1.25. The molecule has 0 atom stereocenters. The molecule has 140 valence electrons. The van der Waals surface area contributed by atoms with Crippen LogP contribution in [0.1, 0.15) is 57.8 Å². The Morgan fingerprint density at radius 1 is 0.960 bits per heavy atom. The summed E-state index contributed by atoms with van der Waals surface area (Å²) < 4.78 is 0. The molecule has 1 heterocycles. The van der Waals surface area contributed by atoms with Gasteiger partial charge in [0.2, 0.25) is 11.8 Å². The second kappa shape index (κ2) is 6.90. The number of aliphatic hydroxyl groups excluding tert-OH is 1. The molecule has 5 heteroatoms. The van der Waals surface area contributed by atoms with Crippen molar-refractivity contribution in [1.82, 2.24) is 9.80 Å². The van der Waals surface area contributed by atoms with Crippen molar-refractivity contribution in [2.24, 2.45) is 23.7 Å². The maximum Gasteiger partial charge on any atom is 0.223 e. The number of amides is 2. The zero-order valence-electron chi connectivity index (χ0n) is 15.4. The molecule has 5 aliphatic rings. The molecule has 5 rings (SSSR count). The maximum absolute atomic E-state index is 12.7. The molecule has 4 aliphatic carbocycles. The molecule has 25 heavy (non-hydrogen) atoms. The van der Waals surface area contributed by atoms with Crippen LogP contribution < -0.4 is 0 Å². The van der Waals surface area contributed by atoms with Crippen molar-refractivity contribution in [3.8, 4) is 0 Å². The van der Waals surface area contributed by atoms with Gasteiger partial charge in [0.15, 0.2) is 0 Å². The molecule has 0 unspecified atom stereocenters. The first-order valence-electron chi connectivity index (χ1n) is 10.2. The van der Waals surface area contributed by atoms with E-state index < -0.39 is 0 Å². The molecular weight excluding hydrogens is 316 g/mol. The van der Waals surface area contributed by atoms with Gasteiger partial charge in [-0.3, -0.25) is 9.59 Å². The minimum absolute atomic E-state index is 0.0683. The molecule has 2 amide bonds. The van der Waals surface area contributed by atoms with Gasteiger partial charge in [-0.25, -0.2) is 0 Å². The molecule has 5 fully saturated rings. The largest absolute Gasteiger partial charge is 0.393 e. The summed E-state index contributed by atoms with van der Waals surface area (Å²) in [4.78, 5) is 28.9. The number of rotatable bonds is 4. The first-order chi connectivity index (χ1) is 12.0. The second-order valence-corrected chi connectivity index (χ2v) is 9.04. The summed E-state index contributed by atoms with van der Waals surface area (Å²) in [6.07, 6.45) is 8.36. The van der Waals surface area contributed by atoms with Crippen molar-refractivity contribution in [1.29, 1.82) is 0 Å². The van der Waals surface area contributed by atoms with Crippen LogP contribution in [0.15, 0.2) is 0 Å². The van der Waals surface area contributed by atoms with Gasteiger partial charge in [0, 0.05) is 39.0 Å². The number of carbonyl (C=O) groups excluding carboxylic acids is 2. The van der Waals surface area contributed by atoms with Crippen molar-refractivity contribution in [2.75, 3.05) is 20.1 Å². The molecule has 0 aromatic rings. The first-order valence-corrected chi connectivity index (χ1v) is 10.2. The minimum Gasteiger partial charge on any atom is -0.393 e. The number of hydrogen-bond acceptors (Lipinski definition) is 3. The highest BCUT2D eigenvalue weighted by Crippen LogP contribution is 2.55. The van der Waals surface area contributed by atoms with Gasteiger partial charge < -0.3 is 14.9 Å². The van der Waals surface area contributed by atoms with E-state index in [1.54, 1.807) is 0 Å². The SMILES string of the molecule is CN(C(=O)CCC(=O)N1CCC(O)CC1)C1C2CC3CC(C2)CC1C3. The van der Waals surface area contributed by atoms with E-state index in [1.807, 2.05) is 16.8 Å². The quantitative estimate of drug-likeness (QED) is 0.846. The molecule has 4 saturated carbocycles. The summed E-state index contributed by atoms with van der Waals surface area (Å²) in [7, 11) is 1.97. The average Bonchev–Trinajstić information content (AvgIpc) is 2.59. The van der Waals surface area contributed by atoms with E-state index in [0.29, 0.717) is 56.7 Å². The van der Waals surface area contributed by atoms with Crippen molar-refractivity contribution < 1.29 is 14.7 Å². The van der Waals surface area contributed by atoms with Gasteiger partial charge in [0.1, 0.15) is 0 Å². The Kier molecular flexibility index (Phi) is 4.78. The number of hydrogen-bond donors (Lipinski definition) is 1. The zero-order chi connectivity index (χ0) is 17.6. The molecule has 1 N–H and O–H groups in total. The highest BCUT2D eigenvalue weighted by atomic mass is 16.3. The van der Waals surface area contributed by atoms with Crippen LogP contribution >= 0.6 is 0 Å². The normalized spacial score (nSPS) is 37.4. The standard InChI is InChI=1S/C20H32N2O3/c1-21(20-15-9-13-8-14(11-15)12-16(20)10-13)18(24)2-3-19(25)22-6-4-17(23)5-7-22/h13-17,20,23H,2-12H2,1H3. The monoisotopic (exact) mass is 348 g/mol. The molecule has 0 aromatic heterocycles. The van der Waals surface area contributed by atoms with Crippen LogP contribution in [0.4, 0.5) is 0 Å². The van der Waals surface area contributed by atoms with Crippen LogP contribution in [-0.4, -0.2) is 59.0 Å². The Labute approximate surface area is 150 Å². The Morgan fingerprint density at radius 2 is 1.52 bits per heavy atom. The van der Waals surface area contributed by atoms with Gasteiger partial charge in [-0.05, 0) is 68.6 Å². The fourth-order valence-electron chi connectivity index (χ4n) is 6.36. The van der Waals surface area contributed by atoms with Gasteiger partial charge in [-0.2, -0.15) is 0 Å². The minimum atomic E-state index is -0.270. The van der Waals surface area contributed by atoms with Crippen LogP contribution in [0.3, 0.4) is 0 Å². The molecule has 0 spiro atoms. The zero-order valence-corrected chi connectivity index (χ0v) is 15.4. The highest BCUT2D eigenvalue weighted by molar-refractivity contribution is 5.84. The third-order valence-electron chi connectivity index (χ3n) is 7.39. The van der Waals surface area contributed by atoms with E-state index in [2.05, 4.69) is 0 Å². The second-order valence-electron chi connectivity index (χ2n) is 9.04. The first kappa shape index (κ1) is 17.3. The maximum atomic E-state index is 12.7. The lowest BCUT2D eigenvalue weighted by Crippen LogP contribution is -2.56. The third-order valence-corrected chi connectivity index (χ3v) is 7.39. The van der Waals surface area contributed by atoms with Crippen LogP contribution in [0, 0.1) is 23.7 Å². The molecule has 1 saturated heterocycles. The number of nitrogens with zero attached hydrogens (tertiary/aromatic N) is 2. The summed E-state index contributed by atoms with van der Waals surface area (Å²) in [5.41, 5.74) is 0. The van der Waals surface area contributed by atoms with E-state index in [-0.39, 0.29) is 17.9 Å². The van der Waals surface area contributed by atoms with E-state index in [4.69, 9.17) is 0 Å². The molecule has 1 aliphatic heterocycles. The van der Waals surface area contributed by atoms with Crippen LogP contribution in [-0.2, 0) is 9.59 Å². The lowest BCUT2D eigenvalue weighted by atomic mass is 9.54. The van der Waals surface area contributed by atoms with Crippen molar-refractivity contribution >= 4 is 11.8 Å². The van der Waals surface area contributed by atoms with Crippen molar-refractivity contribution in [3.63, 3.8) is 0 Å². The predicted octanol–water partition coefficient (Wildman–Crippen LogP) is 2.03. The number of carbonyl (C=O) groups is 2. The smallest absolute Gasteiger partial charge is 0.223 e. The van der Waals surface area contributed by atoms with Gasteiger partial charge in [-0.1, -0.05) is 0 Å². The summed E-state index contributed by atoms with van der Waals surface area (Å²) in [5, 5.41) is 9.55. The van der Waals surface area contributed by atoms with Gasteiger partial charge in [0.05, 0.1) is 6.10 Å². The molecular formula is C20H32N2O3. The fraction of sp³-hybridized carbons (Fsp3) is 0.900.